The molecule has 2 aromatic rings. The summed E-state index contributed by atoms with van der Waals surface area (Å²) < 4.78 is 34.3. The Balaban J connectivity index is 1.54. The van der Waals surface area contributed by atoms with Crippen molar-refractivity contribution in [3.63, 3.8) is 0 Å². The topological polar surface area (TPSA) is 99.2 Å². The van der Waals surface area contributed by atoms with Gasteiger partial charge in [-0.1, -0.05) is 19.3 Å². The van der Waals surface area contributed by atoms with E-state index in [1.165, 1.54) is 56.4 Å². The van der Waals surface area contributed by atoms with Crippen LogP contribution in [0.25, 0.3) is 0 Å². The second kappa shape index (κ2) is 10.7. The third-order valence-electron chi connectivity index (χ3n) is 6.68. The maximum absolute atomic E-state index is 13.1. The van der Waals surface area contributed by atoms with E-state index in [4.69, 9.17) is 4.74 Å². The number of carboxylic acid groups (broad SMARTS) is 1. The Morgan fingerprint density at radius 1 is 1.03 bits per heavy atom. The van der Waals surface area contributed by atoms with Crippen LogP contribution in [0.4, 0.5) is 11.4 Å². The SMILES string of the molecule is CCOc1ccc(S(=O)(=O)Nc2cc(C(=O)O)ccc2N2CCN(C3CCCCC3)CC2)cc1. The second-order valence-corrected chi connectivity index (χ2v) is 10.5. The van der Waals surface area contributed by atoms with Gasteiger partial charge in [0.05, 0.1) is 28.4 Å². The number of rotatable bonds is 8. The molecule has 1 saturated carbocycles. The fourth-order valence-electron chi connectivity index (χ4n) is 4.89. The average Bonchev–Trinajstić information content (AvgIpc) is 2.85. The van der Waals surface area contributed by atoms with E-state index in [9.17, 15) is 18.3 Å². The summed E-state index contributed by atoms with van der Waals surface area (Å²) in [6.07, 6.45) is 6.41. The molecule has 2 N–H and O–H groups in total. The van der Waals surface area contributed by atoms with E-state index in [0.717, 1.165) is 26.2 Å². The molecule has 0 amide bonds. The number of sulfonamides is 1. The molecule has 2 aromatic carbocycles. The Morgan fingerprint density at radius 3 is 2.32 bits per heavy atom. The number of anilines is 2. The van der Waals surface area contributed by atoms with Crippen molar-refractivity contribution >= 4 is 27.4 Å². The van der Waals surface area contributed by atoms with Crippen LogP contribution in [-0.4, -0.2) is 63.2 Å². The third kappa shape index (κ3) is 5.64. The number of hydrogen-bond donors (Lipinski definition) is 2. The number of nitrogens with zero attached hydrogens (tertiary/aromatic N) is 2. The molecular formula is C25H33N3O5S. The summed E-state index contributed by atoms with van der Waals surface area (Å²) in [6, 6.07) is 11.5. The van der Waals surface area contributed by atoms with Crippen LogP contribution in [0.3, 0.4) is 0 Å². The van der Waals surface area contributed by atoms with Crippen molar-refractivity contribution in [3.05, 3.63) is 48.0 Å². The van der Waals surface area contributed by atoms with Gasteiger partial charge in [0.25, 0.3) is 10.0 Å². The molecule has 0 radical (unpaired) electrons. The second-order valence-electron chi connectivity index (χ2n) is 8.86. The minimum Gasteiger partial charge on any atom is -0.494 e. The lowest BCUT2D eigenvalue weighted by molar-refractivity contribution is 0.0697. The number of carboxylic acids is 1. The lowest BCUT2D eigenvalue weighted by Gasteiger charge is -2.42. The highest BCUT2D eigenvalue weighted by atomic mass is 32.2. The summed E-state index contributed by atoms with van der Waals surface area (Å²) in [5.41, 5.74) is 1.01. The lowest BCUT2D eigenvalue weighted by Crippen LogP contribution is -2.51. The number of nitrogens with one attached hydrogen (secondary N) is 1. The number of piperazine rings is 1. The molecule has 1 heterocycles. The predicted molar refractivity (Wildman–Crippen MR) is 132 cm³/mol. The van der Waals surface area contributed by atoms with Crippen LogP contribution in [0.1, 0.15) is 49.4 Å². The molecule has 1 saturated heterocycles. The molecule has 4 rings (SSSR count). The number of aromatic carboxylic acids is 1. The lowest BCUT2D eigenvalue weighted by atomic mass is 9.94. The minimum absolute atomic E-state index is 0.0361. The van der Waals surface area contributed by atoms with Crippen LogP contribution in [-0.2, 0) is 10.0 Å². The molecule has 34 heavy (non-hydrogen) atoms. The maximum atomic E-state index is 13.1. The molecule has 0 bridgehead atoms. The van der Waals surface area contributed by atoms with Gasteiger partial charge in [-0.05, 0) is 62.2 Å². The molecule has 9 heteroatoms. The van der Waals surface area contributed by atoms with E-state index >= 15 is 0 Å². The number of hydrogen-bond acceptors (Lipinski definition) is 6. The number of ether oxygens (including phenoxy) is 1. The highest BCUT2D eigenvalue weighted by Gasteiger charge is 2.27. The first-order valence-corrected chi connectivity index (χ1v) is 13.5. The molecular weight excluding hydrogens is 454 g/mol. The van der Waals surface area contributed by atoms with Crippen molar-refractivity contribution in [1.82, 2.24) is 4.90 Å². The summed E-state index contributed by atoms with van der Waals surface area (Å²) >= 11 is 0. The highest BCUT2D eigenvalue weighted by Crippen LogP contribution is 2.32. The van der Waals surface area contributed by atoms with Crippen LogP contribution in [0, 0.1) is 0 Å². The first-order valence-electron chi connectivity index (χ1n) is 12.0. The summed E-state index contributed by atoms with van der Waals surface area (Å²) in [6.45, 7) is 5.70. The summed E-state index contributed by atoms with van der Waals surface area (Å²) in [4.78, 5) is 16.4. The van der Waals surface area contributed by atoms with E-state index < -0.39 is 16.0 Å². The zero-order chi connectivity index (χ0) is 24.1. The van der Waals surface area contributed by atoms with Crippen molar-refractivity contribution in [2.45, 2.75) is 50.0 Å². The molecule has 2 aliphatic rings. The summed E-state index contributed by atoms with van der Waals surface area (Å²) in [5, 5.41) is 9.47. The molecule has 2 fully saturated rings. The number of benzene rings is 2. The fourth-order valence-corrected chi connectivity index (χ4v) is 5.95. The summed E-state index contributed by atoms with van der Waals surface area (Å²) in [7, 11) is -3.91. The van der Waals surface area contributed by atoms with Gasteiger partial charge >= 0.3 is 5.97 Å². The maximum Gasteiger partial charge on any atom is 0.335 e. The van der Waals surface area contributed by atoms with Crippen LogP contribution in [0.2, 0.25) is 0 Å². The van der Waals surface area contributed by atoms with Gasteiger partial charge in [0, 0.05) is 32.2 Å². The standard InChI is InChI=1S/C25H33N3O5S/c1-2-33-21-9-11-22(12-10-21)34(31,32)26-23-18-19(25(29)30)8-13-24(23)28-16-14-27(15-17-28)20-6-4-3-5-7-20/h8-13,18,20,26H,2-7,14-17H2,1H3,(H,29,30). The van der Waals surface area contributed by atoms with Gasteiger partial charge in [0.15, 0.2) is 0 Å². The Hall–Kier alpha value is -2.78. The zero-order valence-corrected chi connectivity index (χ0v) is 20.4. The Morgan fingerprint density at radius 2 is 1.71 bits per heavy atom. The normalized spacial score (nSPS) is 18.0. The summed E-state index contributed by atoms with van der Waals surface area (Å²) in [5.74, 6) is -0.513. The van der Waals surface area contributed by atoms with Crippen molar-refractivity contribution in [2.24, 2.45) is 0 Å². The predicted octanol–water partition coefficient (Wildman–Crippen LogP) is 4.04. The van der Waals surface area contributed by atoms with Crippen molar-refractivity contribution in [2.75, 3.05) is 42.4 Å². The van der Waals surface area contributed by atoms with E-state index in [0.29, 0.717) is 24.1 Å². The molecule has 1 aliphatic heterocycles. The largest absolute Gasteiger partial charge is 0.494 e. The molecule has 184 valence electrons. The molecule has 0 spiro atoms. The fraction of sp³-hybridized carbons (Fsp3) is 0.480. The van der Waals surface area contributed by atoms with Crippen molar-refractivity contribution in [3.8, 4) is 5.75 Å². The van der Waals surface area contributed by atoms with E-state index in [2.05, 4.69) is 14.5 Å². The van der Waals surface area contributed by atoms with Crippen LogP contribution in [0.15, 0.2) is 47.4 Å². The van der Waals surface area contributed by atoms with E-state index in [-0.39, 0.29) is 16.1 Å². The third-order valence-corrected chi connectivity index (χ3v) is 8.06. The molecule has 1 aliphatic carbocycles. The van der Waals surface area contributed by atoms with Gasteiger partial charge in [-0.25, -0.2) is 13.2 Å². The zero-order valence-electron chi connectivity index (χ0n) is 19.6. The van der Waals surface area contributed by atoms with Crippen LogP contribution in [0.5, 0.6) is 5.75 Å². The van der Waals surface area contributed by atoms with Crippen LogP contribution < -0.4 is 14.4 Å². The Labute approximate surface area is 201 Å². The van der Waals surface area contributed by atoms with Gasteiger partial charge < -0.3 is 14.7 Å². The van der Waals surface area contributed by atoms with Gasteiger partial charge in [0.2, 0.25) is 0 Å². The smallest absolute Gasteiger partial charge is 0.335 e. The van der Waals surface area contributed by atoms with E-state index in [1.807, 2.05) is 6.92 Å². The van der Waals surface area contributed by atoms with Crippen molar-refractivity contribution < 1.29 is 23.1 Å². The number of carbonyl (C=O) groups is 1. The Bertz CT molecular complexity index is 1090. The van der Waals surface area contributed by atoms with Crippen molar-refractivity contribution in [1.29, 1.82) is 0 Å². The quantitative estimate of drug-likeness (QED) is 0.580. The highest BCUT2D eigenvalue weighted by molar-refractivity contribution is 7.92. The molecule has 0 aromatic heterocycles. The first kappa shape index (κ1) is 24.3. The van der Waals surface area contributed by atoms with Gasteiger partial charge in [-0.2, -0.15) is 0 Å². The van der Waals surface area contributed by atoms with E-state index in [1.54, 1.807) is 18.2 Å². The first-order chi connectivity index (χ1) is 16.4. The minimum atomic E-state index is -3.91. The Kier molecular flexibility index (Phi) is 7.63. The van der Waals surface area contributed by atoms with Gasteiger partial charge in [-0.3, -0.25) is 9.62 Å². The van der Waals surface area contributed by atoms with Gasteiger partial charge in [-0.15, -0.1) is 0 Å². The molecule has 0 unspecified atom stereocenters. The molecule has 0 atom stereocenters. The monoisotopic (exact) mass is 487 g/mol. The van der Waals surface area contributed by atoms with Crippen LogP contribution >= 0.6 is 0 Å². The molecule has 8 nitrogen and oxygen atoms in total. The average molecular weight is 488 g/mol. The van der Waals surface area contributed by atoms with Gasteiger partial charge in [0.1, 0.15) is 5.75 Å².